The molecule has 2 N–H and O–H groups in total. The number of hydrogen-bond donors (Lipinski definition) is 2. The highest BCUT2D eigenvalue weighted by molar-refractivity contribution is 5.68. The van der Waals surface area contributed by atoms with Crippen molar-refractivity contribution in [2.75, 3.05) is 0 Å². The van der Waals surface area contributed by atoms with Gasteiger partial charge in [0.2, 0.25) is 0 Å². The minimum atomic E-state index is 0.0496. The fraction of sp³-hybridized carbons (Fsp3) is 0.533. The van der Waals surface area contributed by atoms with Crippen LogP contribution < -0.4 is 5.48 Å². The van der Waals surface area contributed by atoms with E-state index in [1.807, 2.05) is 0 Å². The lowest BCUT2D eigenvalue weighted by molar-refractivity contribution is 0.222. The van der Waals surface area contributed by atoms with Crippen LogP contribution in [0.3, 0.4) is 0 Å². The third kappa shape index (κ3) is 1.93. The number of rotatable bonds is 1. The molecule has 18 heavy (non-hydrogen) atoms. The van der Waals surface area contributed by atoms with Crippen molar-refractivity contribution in [3.8, 4) is 0 Å². The third-order valence-corrected chi connectivity index (χ3v) is 3.95. The smallest absolute Gasteiger partial charge is 0.0658 e. The van der Waals surface area contributed by atoms with Crippen LogP contribution >= 0.6 is 0 Å². The Morgan fingerprint density at radius 3 is 2.78 bits per heavy atom. The summed E-state index contributed by atoms with van der Waals surface area (Å²) in [5.41, 5.74) is 8.04. The molecule has 0 bridgehead atoms. The number of fused-ring (bicyclic) bond motifs is 2. The summed E-state index contributed by atoms with van der Waals surface area (Å²) in [7, 11) is 0. The standard InChI is InChI=1S/C15H20N2O/c1-15(2)8-13-11(14(9-15)17-18)7-10-5-3-4-6-12(10)16-13/h7,9,17-18H,3-6,8H2,1-2H3. The molecule has 0 saturated carbocycles. The summed E-state index contributed by atoms with van der Waals surface area (Å²) in [4.78, 5) is 4.86. The Balaban J connectivity index is 2.12. The van der Waals surface area contributed by atoms with Crippen molar-refractivity contribution in [1.29, 1.82) is 0 Å². The molecule has 0 amide bonds. The van der Waals surface area contributed by atoms with Crippen LogP contribution in [0.1, 0.15) is 49.2 Å². The Hall–Kier alpha value is -1.35. The second-order valence-electron chi connectivity index (χ2n) is 6.13. The molecule has 0 saturated heterocycles. The van der Waals surface area contributed by atoms with Crippen LogP contribution in [-0.4, -0.2) is 10.2 Å². The molecule has 96 valence electrons. The SMILES string of the molecule is CC1(C)C=C(NO)c2cc3c(nc2C1)CCCC3. The minimum absolute atomic E-state index is 0.0496. The van der Waals surface area contributed by atoms with E-state index in [9.17, 15) is 5.21 Å². The van der Waals surface area contributed by atoms with Gasteiger partial charge < -0.3 is 0 Å². The van der Waals surface area contributed by atoms with Crippen molar-refractivity contribution in [1.82, 2.24) is 10.5 Å². The second kappa shape index (κ2) is 4.09. The van der Waals surface area contributed by atoms with E-state index >= 15 is 0 Å². The lowest BCUT2D eigenvalue weighted by Crippen LogP contribution is -2.25. The maximum absolute atomic E-state index is 9.33. The maximum Gasteiger partial charge on any atom is 0.0658 e. The van der Waals surface area contributed by atoms with Crippen LogP contribution in [-0.2, 0) is 19.3 Å². The highest BCUT2D eigenvalue weighted by atomic mass is 16.5. The van der Waals surface area contributed by atoms with E-state index < -0.39 is 0 Å². The molecule has 2 aliphatic rings. The first kappa shape index (κ1) is 11.7. The van der Waals surface area contributed by atoms with Gasteiger partial charge in [-0.1, -0.05) is 19.9 Å². The summed E-state index contributed by atoms with van der Waals surface area (Å²) in [6, 6.07) is 2.22. The van der Waals surface area contributed by atoms with E-state index in [1.165, 1.54) is 24.1 Å². The monoisotopic (exact) mass is 244 g/mol. The topological polar surface area (TPSA) is 45.1 Å². The third-order valence-electron chi connectivity index (χ3n) is 3.95. The van der Waals surface area contributed by atoms with Crippen LogP contribution in [0.15, 0.2) is 12.1 Å². The average Bonchev–Trinajstić information content (AvgIpc) is 2.34. The summed E-state index contributed by atoms with van der Waals surface area (Å²) in [6.45, 7) is 4.35. The Morgan fingerprint density at radius 2 is 2.00 bits per heavy atom. The van der Waals surface area contributed by atoms with Gasteiger partial charge in [-0.25, -0.2) is 0 Å². The molecule has 0 spiro atoms. The van der Waals surface area contributed by atoms with Gasteiger partial charge in [-0.3, -0.25) is 15.7 Å². The molecule has 1 aromatic rings. The number of hydroxylamine groups is 1. The summed E-state index contributed by atoms with van der Waals surface area (Å²) in [5.74, 6) is 0. The average molecular weight is 244 g/mol. The first-order valence-electron chi connectivity index (χ1n) is 6.74. The Kier molecular flexibility index (Phi) is 2.67. The van der Waals surface area contributed by atoms with E-state index in [1.54, 1.807) is 0 Å². The van der Waals surface area contributed by atoms with Crippen molar-refractivity contribution in [3.05, 3.63) is 34.7 Å². The number of allylic oxidation sites excluding steroid dienone is 1. The molecule has 0 unspecified atom stereocenters. The predicted molar refractivity (Wildman–Crippen MR) is 71.3 cm³/mol. The molecule has 0 aromatic carbocycles. The van der Waals surface area contributed by atoms with Gasteiger partial charge in [0.05, 0.1) is 11.4 Å². The predicted octanol–water partition coefficient (Wildman–Crippen LogP) is 2.86. The van der Waals surface area contributed by atoms with Gasteiger partial charge in [0, 0.05) is 11.3 Å². The lowest BCUT2D eigenvalue weighted by Gasteiger charge is -2.30. The van der Waals surface area contributed by atoms with E-state index in [0.29, 0.717) is 0 Å². The highest BCUT2D eigenvalue weighted by Gasteiger charge is 2.28. The molecule has 0 fully saturated rings. The van der Waals surface area contributed by atoms with Crippen LogP contribution in [0, 0.1) is 5.41 Å². The van der Waals surface area contributed by atoms with Crippen LogP contribution in [0.2, 0.25) is 0 Å². The normalized spacial score (nSPS) is 20.7. The molecule has 2 aliphatic carbocycles. The largest absolute Gasteiger partial charge is 0.291 e. The van der Waals surface area contributed by atoms with Gasteiger partial charge in [-0.05, 0) is 49.1 Å². The van der Waals surface area contributed by atoms with Gasteiger partial charge in [-0.2, -0.15) is 0 Å². The van der Waals surface area contributed by atoms with Gasteiger partial charge >= 0.3 is 0 Å². The number of pyridine rings is 1. The fourth-order valence-electron chi connectivity index (χ4n) is 3.09. The van der Waals surface area contributed by atoms with E-state index in [-0.39, 0.29) is 5.41 Å². The van der Waals surface area contributed by atoms with Gasteiger partial charge in [0.1, 0.15) is 0 Å². The molecule has 0 atom stereocenters. The fourth-order valence-corrected chi connectivity index (χ4v) is 3.09. The van der Waals surface area contributed by atoms with Crippen molar-refractivity contribution in [3.63, 3.8) is 0 Å². The van der Waals surface area contributed by atoms with Crippen molar-refractivity contribution in [2.24, 2.45) is 5.41 Å². The van der Waals surface area contributed by atoms with E-state index in [2.05, 4.69) is 31.5 Å². The van der Waals surface area contributed by atoms with Crippen molar-refractivity contribution in [2.45, 2.75) is 46.0 Å². The minimum Gasteiger partial charge on any atom is -0.291 e. The molecule has 1 aromatic heterocycles. The van der Waals surface area contributed by atoms with Gasteiger partial charge in [0.15, 0.2) is 0 Å². The summed E-state index contributed by atoms with van der Waals surface area (Å²) in [5, 5.41) is 9.33. The van der Waals surface area contributed by atoms with Crippen molar-refractivity contribution < 1.29 is 5.21 Å². The maximum atomic E-state index is 9.33. The zero-order valence-corrected chi connectivity index (χ0v) is 11.1. The number of nitrogens with zero attached hydrogens (tertiary/aromatic N) is 1. The molecule has 3 heteroatoms. The molecule has 1 heterocycles. The summed E-state index contributed by atoms with van der Waals surface area (Å²) < 4.78 is 0. The number of aryl methyl sites for hydroxylation is 2. The van der Waals surface area contributed by atoms with Crippen LogP contribution in [0.4, 0.5) is 0 Å². The number of nitrogens with one attached hydrogen (secondary N) is 1. The van der Waals surface area contributed by atoms with Crippen LogP contribution in [0.5, 0.6) is 0 Å². The molecule has 3 nitrogen and oxygen atoms in total. The Labute approximate surface area is 108 Å². The first-order chi connectivity index (χ1) is 8.59. The summed E-state index contributed by atoms with van der Waals surface area (Å²) in [6.07, 6.45) is 7.78. The zero-order valence-electron chi connectivity index (χ0n) is 11.1. The lowest BCUT2D eigenvalue weighted by atomic mass is 9.79. The molecule has 0 radical (unpaired) electrons. The molecular weight excluding hydrogens is 224 g/mol. The quantitative estimate of drug-likeness (QED) is 0.747. The van der Waals surface area contributed by atoms with E-state index in [0.717, 1.165) is 36.2 Å². The van der Waals surface area contributed by atoms with E-state index in [4.69, 9.17) is 4.98 Å². The highest BCUT2D eigenvalue weighted by Crippen LogP contribution is 2.36. The zero-order chi connectivity index (χ0) is 12.8. The summed E-state index contributed by atoms with van der Waals surface area (Å²) >= 11 is 0. The Bertz CT molecular complexity index is 517. The molecule has 3 rings (SSSR count). The van der Waals surface area contributed by atoms with Crippen LogP contribution in [0.25, 0.3) is 5.70 Å². The Morgan fingerprint density at radius 1 is 1.22 bits per heavy atom. The number of hydrogen-bond acceptors (Lipinski definition) is 3. The molecular formula is C15H20N2O. The van der Waals surface area contributed by atoms with Gasteiger partial charge in [0.25, 0.3) is 0 Å². The molecule has 0 aliphatic heterocycles. The van der Waals surface area contributed by atoms with Gasteiger partial charge in [-0.15, -0.1) is 0 Å². The number of aromatic nitrogens is 1. The van der Waals surface area contributed by atoms with Crippen molar-refractivity contribution >= 4 is 5.70 Å². The second-order valence-corrected chi connectivity index (χ2v) is 6.13. The first-order valence-corrected chi connectivity index (χ1v) is 6.74.